The van der Waals surface area contributed by atoms with Gasteiger partial charge in [-0.15, -0.1) is 0 Å². The molecule has 1 aliphatic heterocycles. The van der Waals surface area contributed by atoms with Crippen molar-refractivity contribution in [1.29, 1.82) is 0 Å². The summed E-state index contributed by atoms with van der Waals surface area (Å²) in [4.78, 5) is 10.8. The van der Waals surface area contributed by atoms with Crippen LogP contribution in [-0.2, 0) is 0 Å². The molecule has 0 amide bonds. The van der Waals surface area contributed by atoms with Gasteiger partial charge < -0.3 is 9.64 Å². The maximum Gasteiger partial charge on any atom is 0.147 e. The van der Waals surface area contributed by atoms with E-state index >= 15 is 0 Å². The molecule has 1 aromatic heterocycles. The van der Waals surface area contributed by atoms with E-state index in [1.807, 2.05) is 18.3 Å². The van der Waals surface area contributed by atoms with Crippen molar-refractivity contribution in [3.63, 3.8) is 0 Å². The van der Waals surface area contributed by atoms with Crippen LogP contribution in [0.15, 0.2) is 42.9 Å². The third-order valence-electron chi connectivity index (χ3n) is 3.64. The molecule has 1 atom stereocenters. The van der Waals surface area contributed by atoms with Gasteiger partial charge in [0.2, 0.25) is 0 Å². The summed E-state index contributed by atoms with van der Waals surface area (Å²) >= 11 is 0. The average Bonchev–Trinajstić information content (AvgIpc) is 2.98. The molecule has 0 saturated carbocycles. The lowest BCUT2D eigenvalue weighted by molar-refractivity contribution is 0.406. The Hall–Kier alpha value is -2.10. The summed E-state index contributed by atoms with van der Waals surface area (Å²) in [6, 6.07) is 8.27. The summed E-state index contributed by atoms with van der Waals surface area (Å²) in [7, 11) is 1.73. The normalized spacial score (nSPS) is 18.6. The fourth-order valence-corrected chi connectivity index (χ4v) is 2.68. The van der Waals surface area contributed by atoms with Crippen molar-refractivity contribution < 1.29 is 4.74 Å². The third-order valence-corrected chi connectivity index (χ3v) is 3.64. The fourth-order valence-electron chi connectivity index (χ4n) is 2.68. The molecule has 1 aromatic carbocycles. The number of rotatable bonds is 3. The molecule has 1 aliphatic rings. The largest absolute Gasteiger partial charge is 0.496 e. The van der Waals surface area contributed by atoms with E-state index in [1.54, 1.807) is 19.5 Å². The van der Waals surface area contributed by atoms with E-state index in [0.717, 1.165) is 31.1 Å². The van der Waals surface area contributed by atoms with Gasteiger partial charge in [0, 0.05) is 31.4 Å². The zero-order chi connectivity index (χ0) is 13.1. The minimum atomic E-state index is 0.498. The lowest BCUT2D eigenvalue weighted by Crippen LogP contribution is -2.20. The lowest BCUT2D eigenvalue weighted by atomic mass is 9.97. The summed E-state index contributed by atoms with van der Waals surface area (Å²) in [6.07, 6.45) is 6.39. The van der Waals surface area contributed by atoms with Crippen LogP contribution in [0, 0.1) is 0 Å². The molecule has 4 heteroatoms. The highest BCUT2D eigenvalue weighted by atomic mass is 16.5. The highest BCUT2D eigenvalue weighted by Crippen LogP contribution is 2.34. The zero-order valence-electron chi connectivity index (χ0n) is 11.0. The molecule has 1 unspecified atom stereocenters. The monoisotopic (exact) mass is 255 g/mol. The second kappa shape index (κ2) is 5.26. The highest BCUT2D eigenvalue weighted by Gasteiger charge is 2.26. The summed E-state index contributed by atoms with van der Waals surface area (Å²) in [6.45, 7) is 1.99. The van der Waals surface area contributed by atoms with Gasteiger partial charge in [-0.05, 0) is 18.1 Å². The molecule has 98 valence electrons. The van der Waals surface area contributed by atoms with Gasteiger partial charge in [0.1, 0.15) is 11.6 Å². The molecular formula is C15H17N3O. The van der Waals surface area contributed by atoms with Crippen molar-refractivity contribution in [3.8, 4) is 5.75 Å². The zero-order valence-corrected chi connectivity index (χ0v) is 11.0. The van der Waals surface area contributed by atoms with E-state index < -0.39 is 0 Å². The van der Waals surface area contributed by atoms with Crippen LogP contribution in [-0.4, -0.2) is 30.2 Å². The number of nitrogens with zero attached hydrogens (tertiary/aromatic N) is 3. The van der Waals surface area contributed by atoms with Crippen LogP contribution in [0.4, 0.5) is 5.82 Å². The molecule has 2 heterocycles. The molecule has 0 spiro atoms. The topological polar surface area (TPSA) is 38.2 Å². The molecule has 19 heavy (non-hydrogen) atoms. The number of hydrogen-bond donors (Lipinski definition) is 0. The van der Waals surface area contributed by atoms with Crippen LogP contribution >= 0.6 is 0 Å². The van der Waals surface area contributed by atoms with Gasteiger partial charge in [-0.2, -0.15) is 0 Å². The van der Waals surface area contributed by atoms with Crippen LogP contribution < -0.4 is 9.64 Å². The van der Waals surface area contributed by atoms with Crippen molar-refractivity contribution in [2.24, 2.45) is 0 Å². The van der Waals surface area contributed by atoms with Crippen LogP contribution in [0.25, 0.3) is 0 Å². The summed E-state index contributed by atoms with van der Waals surface area (Å²) < 4.78 is 5.45. The van der Waals surface area contributed by atoms with Crippen molar-refractivity contribution in [2.45, 2.75) is 12.3 Å². The molecule has 3 rings (SSSR count). The van der Waals surface area contributed by atoms with Crippen LogP contribution in [0.2, 0.25) is 0 Å². The lowest BCUT2D eigenvalue weighted by Gasteiger charge is -2.18. The Morgan fingerprint density at radius 3 is 2.95 bits per heavy atom. The Balaban J connectivity index is 1.79. The molecule has 4 nitrogen and oxygen atoms in total. The number of aromatic nitrogens is 2. The van der Waals surface area contributed by atoms with Crippen LogP contribution in [0.3, 0.4) is 0 Å². The Morgan fingerprint density at radius 2 is 2.16 bits per heavy atom. The number of anilines is 1. The molecular weight excluding hydrogens is 238 g/mol. The first kappa shape index (κ1) is 12.0. The maximum absolute atomic E-state index is 5.45. The number of hydrogen-bond acceptors (Lipinski definition) is 4. The Kier molecular flexibility index (Phi) is 3.31. The molecule has 1 saturated heterocycles. The van der Waals surface area contributed by atoms with Gasteiger partial charge in [0.15, 0.2) is 0 Å². The van der Waals surface area contributed by atoms with E-state index in [2.05, 4.69) is 27.0 Å². The Bertz CT molecular complexity index is 544. The first-order chi connectivity index (χ1) is 9.38. The fraction of sp³-hybridized carbons (Fsp3) is 0.333. The van der Waals surface area contributed by atoms with E-state index in [-0.39, 0.29) is 0 Å². The Morgan fingerprint density at radius 1 is 1.26 bits per heavy atom. The van der Waals surface area contributed by atoms with E-state index in [4.69, 9.17) is 4.74 Å². The summed E-state index contributed by atoms with van der Waals surface area (Å²) in [5, 5.41) is 0. The number of ether oxygens (including phenoxy) is 1. The van der Waals surface area contributed by atoms with Crippen LogP contribution in [0.5, 0.6) is 5.75 Å². The van der Waals surface area contributed by atoms with Crippen LogP contribution in [0.1, 0.15) is 17.9 Å². The maximum atomic E-state index is 5.45. The molecule has 0 radical (unpaired) electrons. The standard InChI is InChI=1S/C15H17N3O/c1-19-14-5-3-2-4-13(14)12-6-9-18(11-12)15-10-16-7-8-17-15/h2-5,7-8,10,12H,6,9,11H2,1H3. The number of benzene rings is 1. The predicted octanol–water partition coefficient (Wildman–Crippen LogP) is 2.48. The molecule has 0 bridgehead atoms. The average molecular weight is 255 g/mol. The van der Waals surface area contributed by atoms with Gasteiger partial charge >= 0.3 is 0 Å². The minimum absolute atomic E-state index is 0.498. The van der Waals surface area contributed by atoms with Gasteiger partial charge in [-0.25, -0.2) is 4.98 Å². The van der Waals surface area contributed by atoms with Gasteiger partial charge in [0.25, 0.3) is 0 Å². The molecule has 0 N–H and O–H groups in total. The first-order valence-corrected chi connectivity index (χ1v) is 6.52. The first-order valence-electron chi connectivity index (χ1n) is 6.52. The van der Waals surface area contributed by atoms with Crippen molar-refractivity contribution in [3.05, 3.63) is 48.4 Å². The number of para-hydroxylation sites is 1. The molecule has 1 fully saturated rings. The van der Waals surface area contributed by atoms with Crippen molar-refractivity contribution >= 4 is 5.82 Å². The second-order valence-electron chi connectivity index (χ2n) is 4.74. The van der Waals surface area contributed by atoms with E-state index in [0.29, 0.717) is 5.92 Å². The SMILES string of the molecule is COc1ccccc1C1CCN(c2cnccn2)C1. The highest BCUT2D eigenvalue weighted by molar-refractivity contribution is 5.43. The second-order valence-corrected chi connectivity index (χ2v) is 4.74. The quantitative estimate of drug-likeness (QED) is 0.844. The van der Waals surface area contributed by atoms with Gasteiger partial charge in [0.05, 0.1) is 13.3 Å². The Labute approximate surface area is 113 Å². The van der Waals surface area contributed by atoms with Crippen molar-refractivity contribution in [1.82, 2.24) is 9.97 Å². The smallest absolute Gasteiger partial charge is 0.147 e. The predicted molar refractivity (Wildman–Crippen MR) is 74.6 cm³/mol. The van der Waals surface area contributed by atoms with Crippen molar-refractivity contribution in [2.75, 3.05) is 25.1 Å². The molecule has 0 aliphatic carbocycles. The third kappa shape index (κ3) is 2.38. The number of methoxy groups -OCH3 is 1. The van der Waals surface area contributed by atoms with E-state index in [9.17, 15) is 0 Å². The minimum Gasteiger partial charge on any atom is -0.496 e. The molecule has 2 aromatic rings. The summed E-state index contributed by atoms with van der Waals surface area (Å²) in [5.41, 5.74) is 1.29. The van der Waals surface area contributed by atoms with E-state index in [1.165, 1.54) is 5.56 Å². The van der Waals surface area contributed by atoms with Gasteiger partial charge in [-0.1, -0.05) is 18.2 Å². The van der Waals surface area contributed by atoms with Gasteiger partial charge in [-0.3, -0.25) is 4.98 Å². The summed E-state index contributed by atoms with van der Waals surface area (Å²) in [5.74, 6) is 2.44.